The minimum Gasteiger partial charge on any atom is -0.338 e. The van der Waals surface area contributed by atoms with Crippen molar-refractivity contribution in [3.63, 3.8) is 0 Å². The van der Waals surface area contributed by atoms with Gasteiger partial charge in [0, 0.05) is 36.5 Å². The van der Waals surface area contributed by atoms with E-state index in [0.717, 1.165) is 12.1 Å². The number of nitrogens with zero attached hydrogens (tertiary/aromatic N) is 1. The second-order valence-corrected chi connectivity index (χ2v) is 4.74. The Kier molecular flexibility index (Phi) is 3.52. The lowest BCUT2D eigenvalue weighted by molar-refractivity contribution is -0.0494. The van der Waals surface area contributed by atoms with Crippen molar-refractivity contribution < 1.29 is 18.0 Å². The Hall–Kier alpha value is -1.23. The van der Waals surface area contributed by atoms with Gasteiger partial charge < -0.3 is 4.90 Å². The van der Waals surface area contributed by atoms with E-state index in [9.17, 15) is 18.0 Å². The molecule has 1 amide bonds. The second-order valence-electron chi connectivity index (χ2n) is 4.31. The summed E-state index contributed by atoms with van der Waals surface area (Å²) in [6.45, 7) is -0.0556. The molecule has 2 nitrogen and oxygen atoms in total. The molecule has 0 bridgehead atoms. The molecule has 0 atom stereocenters. The number of rotatable bonds is 1. The zero-order valence-electron chi connectivity index (χ0n) is 9.43. The molecule has 1 saturated heterocycles. The summed E-state index contributed by atoms with van der Waals surface area (Å²) in [7, 11) is 0. The Morgan fingerprint density at radius 3 is 2.39 bits per heavy atom. The summed E-state index contributed by atoms with van der Waals surface area (Å²) >= 11 is 5.65. The molecule has 1 aromatic carbocycles. The molecule has 1 aromatic rings. The zero-order chi connectivity index (χ0) is 13.3. The Morgan fingerprint density at radius 2 is 1.83 bits per heavy atom. The molecule has 0 unspecified atom stereocenters. The first-order chi connectivity index (χ1) is 8.37. The third-order valence-corrected chi connectivity index (χ3v) is 3.11. The van der Waals surface area contributed by atoms with E-state index in [4.69, 9.17) is 11.6 Å². The maximum atomic E-state index is 13.1. The molecule has 0 radical (unpaired) electrons. The Labute approximate surface area is 107 Å². The largest absolute Gasteiger partial charge is 0.338 e. The molecule has 0 spiro atoms. The molecule has 1 heterocycles. The second kappa shape index (κ2) is 4.80. The number of piperidine rings is 1. The number of hydrogen-bond acceptors (Lipinski definition) is 1. The summed E-state index contributed by atoms with van der Waals surface area (Å²) in [4.78, 5) is 13.3. The van der Waals surface area contributed by atoms with Crippen LogP contribution in [-0.4, -0.2) is 29.8 Å². The quantitative estimate of drug-likeness (QED) is 0.771. The van der Waals surface area contributed by atoms with E-state index in [1.807, 2.05) is 0 Å². The minimum absolute atomic E-state index is 0.0278. The highest BCUT2D eigenvalue weighted by molar-refractivity contribution is 6.31. The van der Waals surface area contributed by atoms with Crippen molar-refractivity contribution in [3.05, 3.63) is 34.6 Å². The van der Waals surface area contributed by atoms with Crippen LogP contribution in [0.2, 0.25) is 5.02 Å². The van der Waals surface area contributed by atoms with Crippen LogP contribution in [0.1, 0.15) is 23.2 Å². The average Bonchev–Trinajstić information content (AvgIpc) is 2.27. The number of carbonyl (C=O) groups excluding carboxylic acids is 1. The summed E-state index contributed by atoms with van der Waals surface area (Å²) in [5.41, 5.74) is 0.0882. The predicted octanol–water partition coefficient (Wildman–Crippen LogP) is 3.35. The van der Waals surface area contributed by atoms with Gasteiger partial charge in [0.15, 0.2) is 0 Å². The highest BCUT2D eigenvalue weighted by atomic mass is 35.5. The van der Waals surface area contributed by atoms with Gasteiger partial charge in [0.1, 0.15) is 5.82 Å². The molecule has 0 saturated carbocycles. The van der Waals surface area contributed by atoms with Gasteiger partial charge in [0.2, 0.25) is 0 Å². The van der Waals surface area contributed by atoms with Gasteiger partial charge in [-0.15, -0.1) is 0 Å². The monoisotopic (exact) mass is 277 g/mol. The maximum Gasteiger partial charge on any atom is 0.254 e. The fourth-order valence-corrected chi connectivity index (χ4v) is 2.12. The standard InChI is InChI=1S/C12H11ClF3NO/c13-9-5-8(6-10(14)7-9)11(18)17-3-1-12(15,16)2-4-17/h5-7H,1-4H2. The predicted molar refractivity (Wildman–Crippen MR) is 61.5 cm³/mol. The van der Waals surface area contributed by atoms with Crippen molar-refractivity contribution in [2.45, 2.75) is 18.8 Å². The van der Waals surface area contributed by atoms with Crippen molar-refractivity contribution in [2.24, 2.45) is 0 Å². The highest BCUT2D eigenvalue weighted by Gasteiger charge is 2.35. The van der Waals surface area contributed by atoms with Gasteiger partial charge in [0.05, 0.1) is 0 Å². The van der Waals surface area contributed by atoms with Gasteiger partial charge in [-0.2, -0.15) is 0 Å². The molecule has 2 rings (SSSR count). The number of hydrogen-bond donors (Lipinski definition) is 0. The van der Waals surface area contributed by atoms with E-state index < -0.39 is 17.6 Å². The first kappa shape index (κ1) is 13.2. The van der Waals surface area contributed by atoms with Gasteiger partial charge in [-0.1, -0.05) is 11.6 Å². The summed E-state index contributed by atoms with van der Waals surface area (Å²) in [5, 5.41) is 0.112. The van der Waals surface area contributed by atoms with Crippen LogP contribution < -0.4 is 0 Å². The van der Waals surface area contributed by atoms with Gasteiger partial charge in [-0.25, -0.2) is 13.2 Å². The van der Waals surface area contributed by atoms with E-state index in [1.54, 1.807) is 0 Å². The van der Waals surface area contributed by atoms with E-state index in [-0.39, 0.29) is 36.5 Å². The maximum absolute atomic E-state index is 13.1. The molecule has 1 fully saturated rings. The lowest BCUT2D eigenvalue weighted by Gasteiger charge is -2.31. The highest BCUT2D eigenvalue weighted by Crippen LogP contribution is 2.28. The molecule has 18 heavy (non-hydrogen) atoms. The fraction of sp³-hybridized carbons (Fsp3) is 0.417. The first-order valence-corrected chi connectivity index (χ1v) is 5.88. The van der Waals surface area contributed by atoms with E-state index >= 15 is 0 Å². The van der Waals surface area contributed by atoms with Crippen LogP contribution in [-0.2, 0) is 0 Å². The van der Waals surface area contributed by atoms with E-state index in [0.29, 0.717) is 0 Å². The van der Waals surface area contributed by atoms with Gasteiger partial charge in [-0.05, 0) is 18.2 Å². The van der Waals surface area contributed by atoms with Crippen LogP contribution >= 0.6 is 11.6 Å². The lowest BCUT2D eigenvalue weighted by atomic mass is 10.1. The van der Waals surface area contributed by atoms with Crippen LogP contribution in [0.4, 0.5) is 13.2 Å². The first-order valence-electron chi connectivity index (χ1n) is 5.51. The van der Waals surface area contributed by atoms with Crippen LogP contribution in [0.25, 0.3) is 0 Å². The number of benzene rings is 1. The number of carbonyl (C=O) groups is 1. The summed E-state index contributed by atoms with van der Waals surface area (Å²) in [5.74, 6) is -3.80. The number of amides is 1. The molecule has 0 aliphatic carbocycles. The van der Waals surface area contributed by atoms with Gasteiger partial charge in [-0.3, -0.25) is 4.79 Å². The third-order valence-electron chi connectivity index (χ3n) is 2.89. The van der Waals surface area contributed by atoms with Crippen LogP contribution in [0.5, 0.6) is 0 Å². The number of alkyl halides is 2. The topological polar surface area (TPSA) is 20.3 Å². The summed E-state index contributed by atoms with van der Waals surface area (Å²) in [6, 6.07) is 3.48. The smallest absolute Gasteiger partial charge is 0.254 e. The molecule has 1 aliphatic heterocycles. The fourth-order valence-electron chi connectivity index (χ4n) is 1.90. The normalized spacial score (nSPS) is 18.8. The summed E-state index contributed by atoms with van der Waals surface area (Å²) < 4.78 is 39.0. The average molecular weight is 278 g/mol. The molecule has 0 aromatic heterocycles. The van der Waals surface area contributed by atoms with Gasteiger partial charge >= 0.3 is 0 Å². The van der Waals surface area contributed by atoms with Crippen molar-refractivity contribution in [3.8, 4) is 0 Å². The molecular weight excluding hydrogens is 267 g/mol. The number of halogens is 4. The molecular formula is C12H11ClF3NO. The van der Waals surface area contributed by atoms with Crippen LogP contribution in [0.15, 0.2) is 18.2 Å². The Bertz CT molecular complexity index is 448. The molecule has 0 N–H and O–H groups in total. The number of likely N-dealkylation sites (tertiary alicyclic amines) is 1. The van der Waals surface area contributed by atoms with E-state index in [1.165, 1.54) is 11.0 Å². The SMILES string of the molecule is O=C(c1cc(F)cc(Cl)c1)N1CCC(F)(F)CC1. The Balaban J connectivity index is 2.12. The lowest BCUT2D eigenvalue weighted by Crippen LogP contribution is -2.42. The zero-order valence-corrected chi connectivity index (χ0v) is 10.2. The van der Waals surface area contributed by atoms with Crippen molar-refractivity contribution in [1.82, 2.24) is 4.90 Å². The van der Waals surface area contributed by atoms with Crippen molar-refractivity contribution >= 4 is 17.5 Å². The van der Waals surface area contributed by atoms with Crippen molar-refractivity contribution in [1.29, 1.82) is 0 Å². The minimum atomic E-state index is -2.71. The molecule has 98 valence electrons. The summed E-state index contributed by atoms with van der Waals surface area (Å²) in [6.07, 6.45) is -0.719. The van der Waals surface area contributed by atoms with E-state index in [2.05, 4.69) is 0 Å². The Morgan fingerprint density at radius 1 is 1.22 bits per heavy atom. The third kappa shape index (κ3) is 2.96. The van der Waals surface area contributed by atoms with Gasteiger partial charge in [0.25, 0.3) is 11.8 Å². The van der Waals surface area contributed by atoms with Crippen LogP contribution in [0, 0.1) is 5.82 Å². The van der Waals surface area contributed by atoms with Crippen molar-refractivity contribution in [2.75, 3.05) is 13.1 Å². The molecule has 1 aliphatic rings. The van der Waals surface area contributed by atoms with Crippen LogP contribution in [0.3, 0.4) is 0 Å². The molecule has 6 heteroatoms.